The van der Waals surface area contributed by atoms with Crippen LogP contribution in [-0.4, -0.2) is 36.6 Å². The molecule has 5 heteroatoms. The molecule has 0 heterocycles. The molecule has 0 saturated carbocycles. The van der Waals surface area contributed by atoms with E-state index in [1.165, 1.54) is 7.11 Å². The second-order valence-corrected chi connectivity index (χ2v) is 5.36. The molecular formula is C16H26N2O3. The van der Waals surface area contributed by atoms with Gasteiger partial charge in [-0.25, -0.2) is 0 Å². The van der Waals surface area contributed by atoms with Gasteiger partial charge in [-0.15, -0.1) is 0 Å². The Morgan fingerprint density at radius 3 is 2.48 bits per heavy atom. The summed E-state index contributed by atoms with van der Waals surface area (Å²) in [6.45, 7) is 4.79. The quantitative estimate of drug-likeness (QED) is 0.807. The number of amides is 1. The molecule has 0 aromatic heterocycles. The average Bonchev–Trinajstić information content (AvgIpc) is 2.51. The minimum atomic E-state index is -0.490. The van der Waals surface area contributed by atoms with Crippen LogP contribution in [0.5, 0.6) is 11.5 Å². The summed E-state index contributed by atoms with van der Waals surface area (Å²) >= 11 is 0. The van der Waals surface area contributed by atoms with E-state index in [1.54, 1.807) is 30.1 Å². The SMILES string of the molecule is CCC(CC)(CN)C(=O)N(C)Cc1ccc(O)c(OC)c1. The molecule has 1 aromatic carbocycles. The Hall–Kier alpha value is -1.75. The average molecular weight is 294 g/mol. The van der Waals surface area contributed by atoms with Gasteiger partial charge >= 0.3 is 0 Å². The Morgan fingerprint density at radius 2 is 2.00 bits per heavy atom. The molecule has 0 bridgehead atoms. The molecule has 0 aliphatic rings. The summed E-state index contributed by atoms with van der Waals surface area (Å²) in [6, 6.07) is 5.09. The van der Waals surface area contributed by atoms with Gasteiger partial charge in [0.25, 0.3) is 0 Å². The van der Waals surface area contributed by atoms with Crippen LogP contribution in [0.3, 0.4) is 0 Å². The molecule has 0 fully saturated rings. The molecule has 3 N–H and O–H groups in total. The zero-order valence-electron chi connectivity index (χ0n) is 13.3. The van der Waals surface area contributed by atoms with E-state index in [1.807, 2.05) is 13.8 Å². The van der Waals surface area contributed by atoms with Crippen LogP contribution >= 0.6 is 0 Å². The van der Waals surface area contributed by atoms with E-state index in [0.717, 1.165) is 18.4 Å². The number of rotatable bonds is 7. The van der Waals surface area contributed by atoms with Gasteiger partial charge in [0, 0.05) is 20.1 Å². The van der Waals surface area contributed by atoms with E-state index in [0.29, 0.717) is 18.8 Å². The number of hydrogen-bond donors (Lipinski definition) is 2. The van der Waals surface area contributed by atoms with Gasteiger partial charge in [-0.2, -0.15) is 0 Å². The first-order valence-electron chi connectivity index (χ1n) is 7.25. The highest BCUT2D eigenvalue weighted by atomic mass is 16.5. The number of ether oxygens (including phenoxy) is 1. The molecule has 0 aliphatic carbocycles. The Kier molecular flexibility index (Phi) is 6.03. The molecule has 1 rings (SSSR count). The standard InChI is InChI=1S/C16H26N2O3/c1-5-16(6-2,11-17)15(20)18(3)10-12-7-8-13(19)14(9-12)21-4/h7-9,19H,5-6,10-11,17H2,1-4H3. The zero-order valence-corrected chi connectivity index (χ0v) is 13.3. The first-order chi connectivity index (χ1) is 9.93. The number of benzene rings is 1. The number of nitrogens with two attached hydrogens (primary N) is 1. The predicted molar refractivity (Wildman–Crippen MR) is 83.2 cm³/mol. The number of hydrogen-bond acceptors (Lipinski definition) is 4. The minimum absolute atomic E-state index is 0.0574. The van der Waals surface area contributed by atoms with Gasteiger partial charge in [-0.05, 0) is 30.5 Å². The number of phenolic OH excluding ortho intramolecular Hbond substituents is 1. The number of phenols is 1. The predicted octanol–water partition coefficient (Wildman–Crippen LogP) is 2.12. The van der Waals surface area contributed by atoms with Gasteiger partial charge in [0.15, 0.2) is 11.5 Å². The lowest BCUT2D eigenvalue weighted by Gasteiger charge is -2.33. The molecule has 0 spiro atoms. The third kappa shape index (κ3) is 3.67. The summed E-state index contributed by atoms with van der Waals surface area (Å²) in [5.41, 5.74) is 6.24. The Labute approximate surface area is 126 Å². The lowest BCUT2D eigenvalue weighted by Crippen LogP contribution is -2.45. The van der Waals surface area contributed by atoms with Crippen LogP contribution < -0.4 is 10.5 Å². The van der Waals surface area contributed by atoms with E-state index >= 15 is 0 Å². The lowest BCUT2D eigenvalue weighted by atomic mass is 9.81. The summed E-state index contributed by atoms with van der Waals surface area (Å²) in [7, 11) is 3.28. The van der Waals surface area contributed by atoms with Crippen molar-refractivity contribution in [3.05, 3.63) is 23.8 Å². The molecular weight excluding hydrogens is 268 g/mol. The number of methoxy groups -OCH3 is 1. The van der Waals surface area contributed by atoms with Crippen molar-refractivity contribution in [3.8, 4) is 11.5 Å². The van der Waals surface area contributed by atoms with Crippen LogP contribution in [0, 0.1) is 5.41 Å². The number of aromatic hydroxyl groups is 1. The summed E-state index contributed by atoms with van der Waals surface area (Å²) in [5, 5.41) is 9.60. The molecule has 0 saturated heterocycles. The zero-order chi connectivity index (χ0) is 16.0. The molecule has 5 nitrogen and oxygen atoms in total. The van der Waals surface area contributed by atoms with Crippen LogP contribution in [-0.2, 0) is 11.3 Å². The summed E-state index contributed by atoms with van der Waals surface area (Å²) in [4.78, 5) is 14.3. The van der Waals surface area contributed by atoms with Crippen molar-refractivity contribution < 1.29 is 14.6 Å². The fourth-order valence-electron chi connectivity index (χ4n) is 2.50. The van der Waals surface area contributed by atoms with Gasteiger partial charge in [-0.1, -0.05) is 19.9 Å². The molecule has 118 valence electrons. The summed E-state index contributed by atoms with van der Waals surface area (Å²) < 4.78 is 5.09. The molecule has 0 atom stereocenters. The van der Waals surface area contributed by atoms with Crippen LogP contribution in [0.2, 0.25) is 0 Å². The topological polar surface area (TPSA) is 75.8 Å². The lowest BCUT2D eigenvalue weighted by molar-refractivity contribution is -0.141. The van der Waals surface area contributed by atoms with E-state index in [-0.39, 0.29) is 11.7 Å². The maximum atomic E-state index is 12.6. The van der Waals surface area contributed by atoms with Gasteiger partial charge in [-0.3, -0.25) is 4.79 Å². The minimum Gasteiger partial charge on any atom is -0.504 e. The second kappa shape index (κ2) is 7.31. The van der Waals surface area contributed by atoms with Crippen LogP contribution in [0.25, 0.3) is 0 Å². The fourth-order valence-corrected chi connectivity index (χ4v) is 2.50. The van der Waals surface area contributed by atoms with Crippen LogP contribution in [0.15, 0.2) is 18.2 Å². The van der Waals surface area contributed by atoms with Crippen molar-refractivity contribution in [1.82, 2.24) is 4.90 Å². The Balaban J connectivity index is 2.90. The van der Waals surface area contributed by atoms with Gasteiger partial charge < -0.3 is 20.5 Å². The summed E-state index contributed by atoms with van der Waals surface area (Å²) in [5.74, 6) is 0.556. The highest BCUT2D eigenvalue weighted by molar-refractivity contribution is 5.82. The largest absolute Gasteiger partial charge is 0.504 e. The first-order valence-corrected chi connectivity index (χ1v) is 7.25. The van der Waals surface area contributed by atoms with E-state index in [2.05, 4.69) is 0 Å². The number of carbonyl (C=O) groups is 1. The Morgan fingerprint density at radius 1 is 1.38 bits per heavy atom. The monoisotopic (exact) mass is 294 g/mol. The second-order valence-electron chi connectivity index (χ2n) is 5.36. The maximum absolute atomic E-state index is 12.6. The van der Waals surface area contributed by atoms with E-state index in [9.17, 15) is 9.90 Å². The van der Waals surface area contributed by atoms with Gasteiger partial charge in [0.1, 0.15) is 0 Å². The smallest absolute Gasteiger partial charge is 0.230 e. The van der Waals surface area contributed by atoms with E-state index in [4.69, 9.17) is 10.5 Å². The molecule has 0 unspecified atom stereocenters. The van der Waals surface area contributed by atoms with E-state index < -0.39 is 5.41 Å². The van der Waals surface area contributed by atoms with Crippen molar-refractivity contribution >= 4 is 5.91 Å². The highest BCUT2D eigenvalue weighted by Gasteiger charge is 2.35. The fraction of sp³-hybridized carbons (Fsp3) is 0.562. The van der Waals surface area contributed by atoms with Gasteiger partial charge in [0.05, 0.1) is 12.5 Å². The number of carbonyl (C=O) groups excluding carboxylic acids is 1. The highest BCUT2D eigenvalue weighted by Crippen LogP contribution is 2.30. The molecule has 0 aliphatic heterocycles. The Bertz CT molecular complexity index is 476. The molecule has 21 heavy (non-hydrogen) atoms. The molecule has 1 amide bonds. The normalized spacial score (nSPS) is 11.3. The first kappa shape index (κ1) is 17.3. The van der Waals surface area contributed by atoms with Crippen LogP contribution in [0.1, 0.15) is 32.3 Å². The van der Waals surface area contributed by atoms with Crippen molar-refractivity contribution in [2.45, 2.75) is 33.2 Å². The van der Waals surface area contributed by atoms with Crippen molar-refractivity contribution in [3.63, 3.8) is 0 Å². The maximum Gasteiger partial charge on any atom is 0.230 e. The van der Waals surface area contributed by atoms with Crippen LogP contribution in [0.4, 0.5) is 0 Å². The van der Waals surface area contributed by atoms with Crippen molar-refractivity contribution in [1.29, 1.82) is 0 Å². The third-order valence-corrected chi connectivity index (χ3v) is 4.21. The van der Waals surface area contributed by atoms with Crippen molar-refractivity contribution in [2.24, 2.45) is 11.1 Å². The third-order valence-electron chi connectivity index (χ3n) is 4.21. The molecule has 1 aromatic rings. The number of nitrogens with zero attached hydrogens (tertiary/aromatic N) is 1. The van der Waals surface area contributed by atoms with Gasteiger partial charge in [0.2, 0.25) is 5.91 Å². The molecule has 0 radical (unpaired) electrons. The van der Waals surface area contributed by atoms with Crippen molar-refractivity contribution in [2.75, 3.05) is 20.7 Å². The summed E-state index contributed by atoms with van der Waals surface area (Å²) in [6.07, 6.45) is 1.45.